The predicted octanol–water partition coefficient (Wildman–Crippen LogP) is 1.12. The van der Waals surface area contributed by atoms with Crippen LogP contribution in [0.3, 0.4) is 0 Å². The molecule has 1 amide bonds. The monoisotopic (exact) mass is 267 g/mol. The van der Waals surface area contributed by atoms with Crippen molar-refractivity contribution in [2.24, 2.45) is 5.92 Å². The van der Waals surface area contributed by atoms with E-state index in [1.54, 1.807) is 27.0 Å². The van der Waals surface area contributed by atoms with Gasteiger partial charge in [-0.3, -0.25) is 9.97 Å². The first kappa shape index (κ1) is 14.9. The summed E-state index contributed by atoms with van der Waals surface area (Å²) in [5, 5.41) is 11.2. The number of carboxylic acids is 1. The maximum Gasteiger partial charge on any atom is 0.408 e. The number of carbonyl (C=O) groups is 2. The van der Waals surface area contributed by atoms with Crippen molar-refractivity contribution in [3.05, 3.63) is 23.8 Å². The summed E-state index contributed by atoms with van der Waals surface area (Å²) in [6.07, 6.45) is 2.27. The van der Waals surface area contributed by atoms with Crippen LogP contribution in [0.2, 0.25) is 0 Å². The SMILES string of the molecule is Cc1cnc(COC(=O)N[C@H](C(=O)O)C(C)C)cn1. The van der Waals surface area contributed by atoms with Crippen LogP contribution in [0, 0.1) is 12.8 Å². The van der Waals surface area contributed by atoms with Crippen molar-refractivity contribution in [2.45, 2.75) is 33.4 Å². The number of carbonyl (C=O) groups excluding carboxylic acids is 1. The summed E-state index contributed by atoms with van der Waals surface area (Å²) >= 11 is 0. The fourth-order valence-corrected chi connectivity index (χ4v) is 1.32. The van der Waals surface area contributed by atoms with Crippen LogP contribution in [0.15, 0.2) is 12.4 Å². The summed E-state index contributed by atoms with van der Waals surface area (Å²) in [5.74, 6) is -1.33. The number of hydrogen-bond donors (Lipinski definition) is 2. The number of aromatic nitrogens is 2. The summed E-state index contributed by atoms with van der Waals surface area (Å²) in [6, 6.07) is -0.975. The number of alkyl carbamates (subject to hydrolysis) is 1. The molecule has 1 heterocycles. The number of amides is 1. The minimum Gasteiger partial charge on any atom is -0.480 e. The zero-order valence-electron chi connectivity index (χ0n) is 11.1. The van der Waals surface area contributed by atoms with E-state index < -0.39 is 18.1 Å². The van der Waals surface area contributed by atoms with E-state index in [9.17, 15) is 9.59 Å². The number of aryl methyl sites for hydroxylation is 1. The van der Waals surface area contributed by atoms with Gasteiger partial charge in [0, 0.05) is 6.20 Å². The van der Waals surface area contributed by atoms with Crippen molar-refractivity contribution in [3.8, 4) is 0 Å². The Balaban J connectivity index is 2.47. The van der Waals surface area contributed by atoms with Gasteiger partial charge in [0.15, 0.2) is 0 Å². The largest absolute Gasteiger partial charge is 0.480 e. The van der Waals surface area contributed by atoms with E-state index in [0.717, 1.165) is 5.69 Å². The van der Waals surface area contributed by atoms with Crippen LogP contribution in [0.1, 0.15) is 25.2 Å². The first-order valence-corrected chi connectivity index (χ1v) is 5.83. The molecule has 1 aromatic heterocycles. The van der Waals surface area contributed by atoms with Crippen LogP contribution >= 0.6 is 0 Å². The van der Waals surface area contributed by atoms with Crippen molar-refractivity contribution in [1.82, 2.24) is 15.3 Å². The van der Waals surface area contributed by atoms with E-state index in [1.807, 2.05) is 0 Å². The molecule has 19 heavy (non-hydrogen) atoms. The first-order valence-electron chi connectivity index (χ1n) is 5.83. The fraction of sp³-hybridized carbons (Fsp3) is 0.500. The number of nitrogens with zero attached hydrogens (tertiary/aromatic N) is 2. The predicted molar refractivity (Wildman–Crippen MR) is 66.4 cm³/mol. The number of nitrogens with one attached hydrogen (secondary N) is 1. The minimum absolute atomic E-state index is 0.0520. The van der Waals surface area contributed by atoms with E-state index in [4.69, 9.17) is 9.84 Å². The highest BCUT2D eigenvalue weighted by Crippen LogP contribution is 2.03. The number of rotatable bonds is 5. The Morgan fingerprint density at radius 2 is 2.05 bits per heavy atom. The van der Waals surface area contributed by atoms with Crippen LogP contribution in [0.4, 0.5) is 4.79 Å². The highest BCUT2D eigenvalue weighted by Gasteiger charge is 2.23. The summed E-state index contributed by atoms with van der Waals surface area (Å²) in [7, 11) is 0. The van der Waals surface area contributed by atoms with Gasteiger partial charge in [-0.15, -0.1) is 0 Å². The molecule has 0 aliphatic carbocycles. The Kier molecular flexibility index (Phi) is 5.23. The Morgan fingerprint density at radius 3 is 2.53 bits per heavy atom. The van der Waals surface area contributed by atoms with Gasteiger partial charge < -0.3 is 15.2 Å². The van der Waals surface area contributed by atoms with E-state index >= 15 is 0 Å². The molecule has 1 aromatic rings. The van der Waals surface area contributed by atoms with E-state index in [1.165, 1.54) is 6.20 Å². The third kappa shape index (κ3) is 4.90. The maximum atomic E-state index is 11.5. The van der Waals surface area contributed by atoms with Crippen LogP contribution in [-0.4, -0.2) is 33.2 Å². The lowest BCUT2D eigenvalue weighted by atomic mass is 10.1. The van der Waals surface area contributed by atoms with Crippen LogP contribution in [0.25, 0.3) is 0 Å². The molecule has 2 N–H and O–H groups in total. The van der Waals surface area contributed by atoms with Crippen molar-refractivity contribution in [1.29, 1.82) is 0 Å². The molecular weight excluding hydrogens is 250 g/mol. The third-order valence-corrected chi connectivity index (χ3v) is 2.39. The number of ether oxygens (including phenoxy) is 1. The summed E-state index contributed by atoms with van der Waals surface area (Å²) < 4.78 is 4.88. The minimum atomic E-state index is -1.10. The fourth-order valence-electron chi connectivity index (χ4n) is 1.32. The van der Waals surface area contributed by atoms with Crippen molar-refractivity contribution in [2.75, 3.05) is 0 Å². The zero-order chi connectivity index (χ0) is 14.4. The van der Waals surface area contributed by atoms with Gasteiger partial charge in [0.2, 0.25) is 0 Å². The molecule has 0 radical (unpaired) electrons. The molecular formula is C12H17N3O4. The Hall–Kier alpha value is -2.18. The highest BCUT2D eigenvalue weighted by molar-refractivity contribution is 5.80. The standard InChI is InChI=1S/C12H17N3O4/c1-7(2)10(11(16)17)15-12(18)19-6-9-5-13-8(3)4-14-9/h4-5,7,10H,6H2,1-3H3,(H,15,18)(H,16,17)/t10-/m0/s1. The summed E-state index contributed by atoms with van der Waals surface area (Å²) in [6.45, 7) is 5.14. The molecule has 1 atom stereocenters. The average molecular weight is 267 g/mol. The molecule has 0 spiro atoms. The Morgan fingerprint density at radius 1 is 1.37 bits per heavy atom. The maximum absolute atomic E-state index is 11.5. The molecule has 0 unspecified atom stereocenters. The van der Waals surface area contributed by atoms with Gasteiger partial charge in [0.05, 0.1) is 17.6 Å². The lowest BCUT2D eigenvalue weighted by molar-refractivity contribution is -0.140. The molecule has 0 bridgehead atoms. The number of aliphatic carboxylic acids is 1. The van der Waals surface area contributed by atoms with Crippen LogP contribution in [-0.2, 0) is 16.1 Å². The van der Waals surface area contributed by atoms with Gasteiger partial charge in [-0.1, -0.05) is 13.8 Å². The topological polar surface area (TPSA) is 101 Å². The molecule has 1 rings (SSSR count). The van der Waals surface area contributed by atoms with E-state index in [0.29, 0.717) is 5.69 Å². The average Bonchev–Trinajstić information content (AvgIpc) is 2.34. The Bertz CT molecular complexity index is 445. The molecule has 7 heteroatoms. The summed E-state index contributed by atoms with van der Waals surface area (Å²) in [5.41, 5.74) is 1.26. The lowest BCUT2D eigenvalue weighted by Crippen LogP contribution is -2.44. The highest BCUT2D eigenvalue weighted by atomic mass is 16.5. The number of hydrogen-bond acceptors (Lipinski definition) is 5. The van der Waals surface area contributed by atoms with Crippen molar-refractivity contribution in [3.63, 3.8) is 0 Å². The van der Waals surface area contributed by atoms with Gasteiger partial charge in [0.25, 0.3) is 0 Å². The zero-order valence-corrected chi connectivity index (χ0v) is 11.1. The second-order valence-electron chi connectivity index (χ2n) is 4.43. The normalized spacial score (nSPS) is 12.0. The molecule has 0 fully saturated rings. The Labute approximate surface area is 111 Å². The summed E-state index contributed by atoms with van der Waals surface area (Å²) in [4.78, 5) is 30.4. The molecule has 0 aromatic carbocycles. The smallest absolute Gasteiger partial charge is 0.408 e. The van der Waals surface area contributed by atoms with E-state index in [-0.39, 0.29) is 12.5 Å². The second-order valence-corrected chi connectivity index (χ2v) is 4.43. The number of carboxylic acid groups (broad SMARTS) is 1. The molecule has 0 aliphatic heterocycles. The van der Waals surface area contributed by atoms with Gasteiger partial charge in [0.1, 0.15) is 12.6 Å². The van der Waals surface area contributed by atoms with Crippen LogP contribution in [0.5, 0.6) is 0 Å². The first-order chi connectivity index (χ1) is 8.90. The van der Waals surface area contributed by atoms with Gasteiger partial charge in [-0.05, 0) is 12.8 Å². The third-order valence-electron chi connectivity index (χ3n) is 2.39. The molecule has 0 saturated carbocycles. The molecule has 0 saturated heterocycles. The molecule has 104 valence electrons. The lowest BCUT2D eigenvalue weighted by Gasteiger charge is -2.17. The second kappa shape index (κ2) is 6.67. The molecule has 0 aliphatic rings. The van der Waals surface area contributed by atoms with Crippen molar-refractivity contribution < 1.29 is 19.4 Å². The van der Waals surface area contributed by atoms with Crippen molar-refractivity contribution >= 4 is 12.1 Å². The van der Waals surface area contributed by atoms with Gasteiger partial charge in [-0.2, -0.15) is 0 Å². The van der Waals surface area contributed by atoms with Gasteiger partial charge in [-0.25, -0.2) is 9.59 Å². The quantitative estimate of drug-likeness (QED) is 0.829. The van der Waals surface area contributed by atoms with E-state index in [2.05, 4.69) is 15.3 Å². The van der Waals surface area contributed by atoms with Gasteiger partial charge >= 0.3 is 12.1 Å². The molecule has 7 nitrogen and oxygen atoms in total. The van der Waals surface area contributed by atoms with Crippen LogP contribution < -0.4 is 5.32 Å².